The maximum absolute atomic E-state index is 13.3. The number of carbonyl (C=O) groups is 1. The van der Waals surface area contributed by atoms with E-state index in [9.17, 15) is 13.2 Å². The molecule has 7 nitrogen and oxygen atoms in total. The van der Waals surface area contributed by atoms with Crippen LogP contribution in [-0.4, -0.2) is 87.5 Å². The van der Waals surface area contributed by atoms with Crippen LogP contribution < -0.4 is 0 Å². The molecule has 2 aliphatic heterocycles. The number of rotatable bonds is 6. The van der Waals surface area contributed by atoms with E-state index in [2.05, 4.69) is 4.90 Å². The van der Waals surface area contributed by atoms with E-state index in [1.54, 1.807) is 18.2 Å². The highest BCUT2D eigenvalue weighted by Crippen LogP contribution is 2.26. The molecule has 8 heteroatoms. The first-order chi connectivity index (χ1) is 15.5. The molecule has 2 heterocycles. The summed E-state index contributed by atoms with van der Waals surface area (Å²) in [5.41, 5.74) is 1.22. The molecule has 0 radical (unpaired) electrons. The zero-order valence-electron chi connectivity index (χ0n) is 19.3. The van der Waals surface area contributed by atoms with E-state index in [4.69, 9.17) is 4.74 Å². The molecule has 2 saturated heterocycles. The highest BCUT2D eigenvalue weighted by atomic mass is 32.2. The van der Waals surface area contributed by atoms with Crippen LogP contribution in [0.5, 0.6) is 0 Å². The highest BCUT2D eigenvalue weighted by Gasteiger charge is 2.30. The monoisotopic (exact) mass is 463 g/mol. The number of ether oxygens (including phenoxy) is 1. The summed E-state index contributed by atoms with van der Waals surface area (Å²) in [6, 6.07) is 5.19. The van der Waals surface area contributed by atoms with Crippen LogP contribution in [-0.2, 0) is 21.2 Å². The Labute approximate surface area is 192 Å². The number of aryl methyl sites for hydroxylation is 1. The van der Waals surface area contributed by atoms with E-state index < -0.39 is 10.0 Å². The molecule has 0 unspecified atom stereocenters. The molecule has 32 heavy (non-hydrogen) atoms. The molecule has 0 atom stereocenters. The maximum Gasteiger partial charge on any atom is 0.253 e. The molecule has 3 fully saturated rings. The second-order valence-electron chi connectivity index (χ2n) is 9.29. The fourth-order valence-corrected chi connectivity index (χ4v) is 6.92. The quantitative estimate of drug-likeness (QED) is 0.649. The average molecular weight is 464 g/mol. The van der Waals surface area contributed by atoms with Gasteiger partial charge in [0.05, 0.1) is 18.1 Å². The SMILES string of the molecule is CCc1ccc(C(=O)N2CCN(CC3CCCCC3)CC2)cc1S(=O)(=O)N1CCOCC1. The van der Waals surface area contributed by atoms with Gasteiger partial charge in [-0.15, -0.1) is 0 Å². The van der Waals surface area contributed by atoms with Crippen molar-refractivity contribution in [1.29, 1.82) is 0 Å². The molecule has 1 saturated carbocycles. The van der Waals surface area contributed by atoms with Crippen LogP contribution in [0.2, 0.25) is 0 Å². The molecular formula is C24H37N3O4S. The molecule has 1 amide bonds. The van der Waals surface area contributed by atoms with Gasteiger partial charge in [0, 0.05) is 51.4 Å². The smallest absolute Gasteiger partial charge is 0.253 e. The third-order valence-corrected chi connectivity index (χ3v) is 9.16. The van der Waals surface area contributed by atoms with E-state index in [-0.39, 0.29) is 10.8 Å². The molecule has 3 aliphatic rings. The van der Waals surface area contributed by atoms with Crippen LogP contribution in [0.15, 0.2) is 23.1 Å². The molecule has 4 rings (SSSR count). The summed E-state index contributed by atoms with van der Waals surface area (Å²) in [6.45, 7) is 7.81. The lowest BCUT2D eigenvalue weighted by Gasteiger charge is -2.37. The van der Waals surface area contributed by atoms with Crippen LogP contribution in [0.1, 0.15) is 54.9 Å². The topological polar surface area (TPSA) is 70.2 Å². The number of nitrogens with zero attached hydrogens (tertiary/aromatic N) is 3. The predicted molar refractivity (Wildman–Crippen MR) is 124 cm³/mol. The third kappa shape index (κ3) is 5.35. The minimum Gasteiger partial charge on any atom is -0.379 e. The molecule has 0 spiro atoms. The van der Waals surface area contributed by atoms with Crippen LogP contribution in [0.3, 0.4) is 0 Å². The van der Waals surface area contributed by atoms with Crippen molar-refractivity contribution in [3.05, 3.63) is 29.3 Å². The lowest BCUT2D eigenvalue weighted by molar-refractivity contribution is 0.0605. The van der Waals surface area contributed by atoms with Gasteiger partial charge < -0.3 is 9.64 Å². The maximum atomic E-state index is 13.3. The number of benzene rings is 1. The fourth-order valence-electron chi connectivity index (χ4n) is 5.20. The lowest BCUT2D eigenvalue weighted by Crippen LogP contribution is -2.50. The Morgan fingerprint density at radius 1 is 1.00 bits per heavy atom. The zero-order chi connectivity index (χ0) is 22.6. The summed E-state index contributed by atoms with van der Waals surface area (Å²) in [4.78, 5) is 17.9. The average Bonchev–Trinajstić information content (AvgIpc) is 2.85. The highest BCUT2D eigenvalue weighted by molar-refractivity contribution is 7.89. The number of hydrogen-bond acceptors (Lipinski definition) is 5. The minimum absolute atomic E-state index is 0.0663. The molecule has 0 N–H and O–H groups in total. The van der Waals surface area contributed by atoms with Gasteiger partial charge in [-0.1, -0.05) is 32.3 Å². The van der Waals surface area contributed by atoms with E-state index in [0.29, 0.717) is 51.4 Å². The van der Waals surface area contributed by atoms with E-state index in [0.717, 1.165) is 31.1 Å². The van der Waals surface area contributed by atoms with Crippen LogP contribution in [0.4, 0.5) is 0 Å². The Morgan fingerprint density at radius 2 is 1.69 bits per heavy atom. The Bertz CT molecular complexity index is 885. The number of hydrogen-bond donors (Lipinski definition) is 0. The standard InChI is InChI=1S/C24H37N3O4S/c1-2-21-8-9-22(18-23(21)32(29,30)27-14-16-31-17-15-27)24(28)26-12-10-25(11-13-26)19-20-6-4-3-5-7-20/h8-9,18,20H,2-7,10-17,19H2,1H3. The molecule has 0 bridgehead atoms. The van der Waals surface area contributed by atoms with Gasteiger partial charge in [-0.3, -0.25) is 9.69 Å². The largest absolute Gasteiger partial charge is 0.379 e. The Morgan fingerprint density at radius 3 is 2.34 bits per heavy atom. The predicted octanol–water partition coefficient (Wildman–Crippen LogP) is 2.61. The summed E-state index contributed by atoms with van der Waals surface area (Å²) in [5, 5.41) is 0. The van der Waals surface area contributed by atoms with Crippen molar-refractivity contribution in [2.45, 2.75) is 50.3 Å². The van der Waals surface area contributed by atoms with Crippen LogP contribution in [0.25, 0.3) is 0 Å². The first-order valence-corrected chi connectivity index (χ1v) is 13.7. The van der Waals surface area contributed by atoms with E-state index >= 15 is 0 Å². The van der Waals surface area contributed by atoms with Gasteiger partial charge in [-0.05, 0) is 42.9 Å². The van der Waals surface area contributed by atoms with Crippen molar-refractivity contribution in [3.63, 3.8) is 0 Å². The van der Waals surface area contributed by atoms with Crippen LogP contribution >= 0.6 is 0 Å². The Hall–Kier alpha value is -1.48. The molecule has 1 aromatic carbocycles. The summed E-state index contributed by atoms with van der Waals surface area (Å²) in [7, 11) is -3.64. The van der Waals surface area contributed by atoms with E-state index in [1.807, 2.05) is 11.8 Å². The number of carbonyl (C=O) groups excluding carboxylic acids is 1. The van der Waals surface area contributed by atoms with Gasteiger partial charge in [0.15, 0.2) is 0 Å². The third-order valence-electron chi connectivity index (χ3n) is 7.18. The summed E-state index contributed by atoms with van der Waals surface area (Å²) in [6.07, 6.45) is 7.36. The van der Waals surface area contributed by atoms with Crippen molar-refractivity contribution in [1.82, 2.24) is 14.1 Å². The number of amides is 1. The lowest BCUT2D eigenvalue weighted by atomic mass is 9.89. The van der Waals surface area contributed by atoms with Gasteiger partial charge in [-0.2, -0.15) is 4.31 Å². The van der Waals surface area contributed by atoms with Crippen molar-refractivity contribution in [2.75, 3.05) is 59.0 Å². The second kappa shape index (κ2) is 10.6. The van der Waals surface area contributed by atoms with E-state index in [1.165, 1.54) is 36.4 Å². The van der Waals surface area contributed by atoms with Gasteiger partial charge in [0.2, 0.25) is 10.0 Å². The zero-order valence-corrected chi connectivity index (χ0v) is 20.1. The second-order valence-corrected chi connectivity index (χ2v) is 11.2. The van der Waals surface area contributed by atoms with Crippen molar-refractivity contribution in [2.24, 2.45) is 5.92 Å². The normalized spacial score (nSPS) is 22.2. The van der Waals surface area contributed by atoms with Crippen molar-refractivity contribution in [3.8, 4) is 0 Å². The summed E-state index contributed by atoms with van der Waals surface area (Å²) >= 11 is 0. The van der Waals surface area contributed by atoms with Gasteiger partial charge in [0.25, 0.3) is 5.91 Å². The Kier molecular flexibility index (Phi) is 7.87. The van der Waals surface area contributed by atoms with Crippen molar-refractivity contribution < 1.29 is 17.9 Å². The molecule has 1 aliphatic carbocycles. The molecular weight excluding hydrogens is 426 g/mol. The molecule has 1 aromatic rings. The Balaban J connectivity index is 1.43. The fraction of sp³-hybridized carbons (Fsp3) is 0.708. The summed E-state index contributed by atoms with van der Waals surface area (Å²) in [5.74, 6) is 0.740. The van der Waals surface area contributed by atoms with Crippen molar-refractivity contribution >= 4 is 15.9 Å². The first kappa shape index (κ1) is 23.7. The van der Waals surface area contributed by atoms with Crippen LogP contribution in [0, 0.1) is 5.92 Å². The van der Waals surface area contributed by atoms with Gasteiger partial charge in [0.1, 0.15) is 0 Å². The number of sulfonamides is 1. The first-order valence-electron chi connectivity index (χ1n) is 12.2. The number of morpholine rings is 1. The van der Waals surface area contributed by atoms with Gasteiger partial charge >= 0.3 is 0 Å². The number of piperazine rings is 1. The summed E-state index contributed by atoms with van der Waals surface area (Å²) < 4.78 is 33.4. The molecule has 178 valence electrons. The van der Waals surface area contributed by atoms with Gasteiger partial charge in [-0.25, -0.2) is 8.42 Å². The molecule has 0 aromatic heterocycles. The minimum atomic E-state index is -3.64.